The van der Waals surface area contributed by atoms with Crippen molar-refractivity contribution < 1.29 is 4.74 Å². The summed E-state index contributed by atoms with van der Waals surface area (Å²) >= 11 is 18.0. The number of aromatic nitrogens is 1. The number of nitrogens with zero attached hydrogens (tertiary/aromatic N) is 2. The maximum Gasteiger partial charge on any atom is 0.150 e. The molecule has 1 aromatic rings. The second kappa shape index (κ2) is 5.61. The third-order valence-corrected chi connectivity index (χ3v) is 3.62. The van der Waals surface area contributed by atoms with E-state index in [0.29, 0.717) is 28.5 Å². The molecule has 0 N–H and O–H groups in total. The van der Waals surface area contributed by atoms with Crippen LogP contribution in [0.1, 0.15) is 12.8 Å². The van der Waals surface area contributed by atoms with Crippen LogP contribution in [0.2, 0.25) is 15.2 Å². The normalized spacial score (nSPS) is 15.1. The largest absolute Gasteiger partial charge is 0.383 e. The number of anilines is 1. The SMILES string of the molecule is COCCN(c1nc(Cl)c(Cl)cc1Cl)C1CC1. The van der Waals surface area contributed by atoms with Crippen LogP contribution in [-0.2, 0) is 4.74 Å². The minimum absolute atomic E-state index is 0.286. The van der Waals surface area contributed by atoms with Gasteiger partial charge in [0.25, 0.3) is 0 Å². The minimum atomic E-state index is 0.286. The van der Waals surface area contributed by atoms with E-state index in [9.17, 15) is 0 Å². The highest BCUT2D eigenvalue weighted by Crippen LogP contribution is 2.37. The summed E-state index contributed by atoms with van der Waals surface area (Å²) in [6.07, 6.45) is 2.31. The molecule has 17 heavy (non-hydrogen) atoms. The van der Waals surface area contributed by atoms with E-state index in [-0.39, 0.29) is 5.15 Å². The summed E-state index contributed by atoms with van der Waals surface area (Å²) in [7, 11) is 1.68. The van der Waals surface area contributed by atoms with Crippen LogP contribution in [0.4, 0.5) is 5.82 Å². The second-order valence-corrected chi connectivity index (χ2v) is 5.16. The van der Waals surface area contributed by atoms with Crippen molar-refractivity contribution in [3.05, 3.63) is 21.3 Å². The zero-order valence-corrected chi connectivity index (χ0v) is 11.7. The van der Waals surface area contributed by atoms with Crippen molar-refractivity contribution in [2.24, 2.45) is 0 Å². The zero-order valence-electron chi connectivity index (χ0n) is 9.42. The molecule has 1 heterocycles. The van der Waals surface area contributed by atoms with Crippen molar-refractivity contribution >= 4 is 40.6 Å². The molecule has 0 bridgehead atoms. The molecule has 0 amide bonds. The number of rotatable bonds is 5. The van der Waals surface area contributed by atoms with Crippen molar-refractivity contribution in [3.63, 3.8) is 0 Å². The van der Waals surface area contributed by atoms with Gasteiger partial charge in [-0.2, -0.15) is 0 Å². The van der Waals surface area contributed by atoms with Gasteiger partial charge in [-0.25, -0.2) is 4.98 Å². The van der Waals surface area contributed by atoms with Crippen molar-refractivity contribution in [1.82, 2.24) is 4.98 Å². The first kappa shape index (κ1) is 13.2. The van der Waals surface area contributed by atoms with Gasteiger partial charge in [-0.05, 0) is 18.9 Å². The number of halogens is 3. The number of pyridine rings is 1. The van der Waals surface area contributed by atoms with E-state index in [1.165, 1.54) is 0 Å². The summed E-state index contributed by atoms with van der Waals surface area (Å²) in [5.74, 6) is 0.695. The van der Waals surface area contributed by atoms with Crippen LogP contribution < -0.4 is 4.90 Å². The van der Waals surface area contributed by atoms with Gasteiger partial charge < -0.3 is 9.64 Å². The lowest BCUT2D eigenvalue weighted by Gasteiger charge is -2.24. The van der Waals surface area contributed by atoms with Crippen molar-refractivity contribution in [1.29, 1.82) is 0 Å². The molecule has 2 rings (SSSR count). The summed E-state index contributed by atoms with van der Waals surface area (Å²) in [4.78, 5) is 6.39. The van der Waals surface area contributed by atoms with Crippen molar-refractivity contribution in [2.75, 3.05) is 25.2 Å². The Morgan fingerprint density at radius 2 is 2.06 bits per heavy atom. The average molecular weight is 296 g/mol. The van der Waals surface area contributed by atoms with Gasteiger partial charge in [0.2, 0.25) is 0 Å². The summed E-state index contributed by atoms with van der Waals surface area (Å²) in [6.45, 7) is 1.39. The van der Waals surface area contributed by atoms with Crippen LogP contribution in [0.5, 0.6) is 0 Å². The topological polar surface area (TPSA) is 25.4 Å². The van der Waals surface area contributed by atoms with Gasteiger partial charge in [-0.3, -0.25) is 0 Å². The molecule has 0 unspecified atom stereocenters. The molecule has 0 radical (unpaired) electrons. The predicted octanol–water partition coefficient (Wildman–Crippen LogP) is 3.66. The average Bonchev–Trinajstić information content (AvgIpc) is 3.10. The molecule has 3 nitrogen and oxygen atoms in total. The van der Waals surface area contributed by atoms with E-state index in [1.54, 1.807) is 13.2 Å². The smallest absolute Gasteiger partial charge is 0.150 e. The molecule has 1 fully saturated rings. The molecule has 0 aliphatic heterocycles. The first-order valence-corrected chi connectivity index (χ1v) is 6.54. The first-order valence-electron chi connectivity index (χ1n) is 5.40. The minimum Gasteiger partial charge on any atom is -0.383 e. The summed E-state index contributed by atoms with van der Waals surface area (Å²) in [5.41, 5.74) is 0. The van der Waals surface area contributed by atoms with Crippen LogP contribution in [0, 0.1) is 0 Å². The van der Waals surface area contributed by atoms with Crippen molar-refractivity contribution in [2.45, 2.75) is 18.9 Å². The lowest BCUT2D eigenvalue weighted by atomic mass is 10.4. The fraction of sp³-hybridized carbons (Fsp3) is 0.545. The predicted molar refractivity (Wildman–Crippen MR) is 71.5 cm³/mol. The number of hydrogen-bond acceptors (Lipinski definition) is 3. The summed E-state index contributed by atoms with van der Waals surface area (Å²) in [5, 5.41) is 1.19. The fourth-order valence-corrected chi connectivity index (χ4v) is 2.28. The van der Waals surface area contributed by atoms with E-state index in [2.05, 4.69) is 9.88 Å². The lowest BCUT2D eigenvalue weighted by molar-refractivity contribution is 0.204. The van der Waals surface area contributed by atoms with Crippen LogP contribution in [0.15, 0.2) is 6.07 Å². The molecule has 1 aliphatic carbocycles. The Morgan fingerprint density at radius 3 is 2.65 bits per heavy atom. The molecule has 94 valence electrons. The number of ether oxygens (including phenoxy) is 1. The maximum atomic E-state index is 6.16. The molecular formula is C11H13Cl3N2O. The first-order chi connectivity index (χ1) is 8.13. The summed E-state index contributed by atoms with van der Waals surface area (Å²) in [6, 6.07) is 2.13. The molecule has 1 aromatic heterocycles. The van der Waals surface area contributed by atoms with Gasteiger partial charge in [-0.1, -0.05) is 34.8 Å². The van der Waals surface area contributed by atoms with Crippen LogP contribution in [-0.4, -0.2) is 31.3 Å². The Hall–Kier alpha value is -0.220. The molecule has 1 saturated carbocycles. The zero-order chi connectivity index (χ0) is 12.4. The van der Waals surface area contributed by atoms with E-state index < -0.39 is 0 Å². The van der Waals surface area contributed by atoms with Crippen LogP contribution in [0.25, 0.3) is 0 Å². The fourth-order valence-electron chi connectivity index (χ4n) is 1.67. The maximum absolute atomic E-state index is 6.16. The van der Waals surface area contributed by atoms with E-state index >= 15 is 0 Å². The lowest BCUT2D eigenvalue weighted by Crippen LogP contribution is -2.30. The molecule has 1 aliphatic rings. The third kappa shape index (κ3) is 3.16. The highest BCUT2D eigenvalue weighted by molar-refractivity contribution is 6.42. The van der Waals surface area contributed by atoms with E-state index in [0.717, 1.165) is 19.4 Å². The monoisotopic (exact) mass is 294 g/mol. The Kier molecular flexibility index (Phi) is 4.36. The third-order valence-electron chi connectivity index (χ3n) is 2.66. The van der Waals surface area contributed by atoms with E-state index in [1.807, 2.05) is 0 Å². The molecule has 0 aromatic carbocycles. The molecule has 0 spiro atoms. The molecule has 0 atom stereocenters. The standard InChI is InChI=1S/C11H13Cl3N2O/c1-17-5-4-16(7-2-3-7)11-9(13)6-8(12)10(14)15-11/h6-7H,2-5H2,1H3. The highest BCUT2D eigenvalue weighted by atomic mass is 35.5. The second-order valence-electron chi connectivity index (χ2n) is 3.98. The number of methoxy groups -OCH3 is 1. The van der Waals surface area contributed by atoms with Gasteiger partial charge in [0.15, 0.2) is 0 Å². The molecule has 6 heteroatoms. The van der Waals surface area contributed by atoms with Gasteiger partial charge in [0, 0.05) is 19.7 Å². The highest BCUT2D eigenvalue weighted by Gasteiger charge is 2.31. The Morgan fingerprint density at radius 1 is 1.35 bits per heavy atom. The van der Waals surface area contributed by atoms with Gasteiger partial charge >= 0.3 is 0 Å². The van der Waals surface area contributed by atoms with Crippen LogP contribution >= 0.6 is 34.8 Å². The molecule has 0 saturated heterocycles. The summed E-state index contributed by atoms with van der Waals surface area (Å²) < 4.78 is 5.09. The van der Waals surface area contributed by atoms with Gasteiger partial charge in [0.05, 0.1) is 16.7 Å². The molecular weight excluding hydrogens is 282 g/mol. The Balaban J connectivity index is 2.25. The van der Waals surface area contributed by atoms with Gasteiger partial charge in [0.1, 0.15) is 11.0 Å². The van der Waals surface area contributed by atoms with E-state index in [4.69, 9.17) is 39.5 Å². The Labute approximate surface area is 116 Å². The number of hydrogen-bond donors (Lipinski definition) is 0. The van der Waals surface area contributed by atoms with Crippen LogP contribution in [0.3, 0.4) is 0 Å². The Bertz CT molecular complexity index is 410. The van der Waals surface area contributed by atoms with Crippen molar-refractivity contribution in [3.8, 4) is 0 Å². The quantitative estimate of drug-likeness (QED) is 0.775. The van der Waals surface area contributed by atoms with Gasteiger partial charge in [-0.15, -0.1) is 0 Å².